The molecule has 0 spiro atoms. The van der Waals surface area contributed by atoms with Crippen LogP contribution < -0.4 is 11.2 Å². The van der Waals surface area contributed by atoms with Crippen LogP contribution in [0.2, 0.25) is 0 Å². The predicted octanol–water partition coefficient (Wildman–Crippen LogP) is 1.37. The van der Waals surface area contributed by atoms with Gasteiger partial charge in [0.05, 0.1) is 10.8 Å². The predicted molar refractivity (Wildman–Crippen MR) is 67.9 cm³/mol. The van der Waals surface area contributed by atoms with Gasteiger partial charge >= 0.3 is 0 Å². The smallest absolute Gasteiger partial charge is 0.281 e. The van der Waals surface area contributed by atoms with Crippen LogP contribution in [-0.2, 0) is 4.79 Å². The Kier molecular flexibility index (Phi) is 4.84. The van der Waals surface area contributed by atoms with Gasteiger partial charge in [0.1, 0.15) is 0 Å². The van der Waals surface area contributed by atoms with Gasteiger partial charge in [-0.15, -0.1) is 11.3 Å². The Hall–Kier alpha value is -1.69. The molecule has 1 heterocycles. The van der Waals surface area contributed by atoms with E-state index in [-0.39, 0.29) is 5.91 Å². The summed E-state index contributed by atoms with van der Waals surface area (Å²) in [6.45, 7) is 3.52. The number of carbonyl (C=O) groups excluding carboxylic acids is 2. The van der Waals surface area contributed by atoms with E-state index in [9.17, 15) is 9.59 Å². The molecule has 1 aromatic rings. The number of hydrazone groups is 1. The molecule has 1 aromatic heterocycles. The molecule has 1 unspecified atom stereocenters. The minimum Gasteiger partial charge on any atom is -0.369 e. The fourth-order valence-corrected chi connectivity index (χ4v) is 2.00. The first kappa shape index (κ1) is 13.4. The SMILES string of the molecule is CCC(C(N)=O)C(C)=NNC(=O)c1cccs1. The van der Waals surface area contributed by atoms with Gasteiger partial charge in [0.2, 0.25) is 5.91 Å². The number of hydrogen-bond donors (Lipinski definition) is 2. The van der Waals surface area contributed by atoms with E-state index >= 15 is 0 Å². The third-order valence-electron chi connectivity index (χ3n) is 2.33. The van der Waals surface area contributed by atoms with Crippen molar-refractivity contribution in [3.8, 4) is 0 Å². The quantitative estimate of drug-likeness (QED) is 0.613. The van der Waals surface area contributed by atoms with Gasteiger partial charge in [0.15, 0.2) is 0 Å². The fraction of sp³-hybridized carbons (Fsp3) is 0.364. The van der Waals surface area contributed by atoms with Crippen LogP contribution >= 0.6 is 11.3 Å². The van der Waals surface area contributed by atoms with Crippen LogP contribution in [0.1, 0.15) is 29.9 Å². The van der Waals surface area contributed by atoms with Crippen molar-refractivity contribution >= 4 is 28.9 Å². The highest BCUT2D eigenvalue weighted by Crippen LogP contribution is 2.08. The summed E-state index contributed by atoms with van der Waals surface area (Å²) in [6, 6.07) is 3.49. The van der Waals surface area contributed by atoms with Gasteiger partial charge in [-0.25, -0.2) is 5.43 Å². The standard InChI is InChI=1S/C11H15N3O2S/c1-3-8(10(12)15)7(2)13-14-11(16)9-5-4-6-17-9/h4-6,8H,3H2,1-2H3,(H2,12,15)(H,14,16). The second-order valence-electron chi connectivity index (χ2n) is 3.53. The molecule has 6 heteroatoms. The van der Waals surface area contributed by atoms with Crippen molar-refractivity contribution in [1.82, 2.24) is 5.43 Å². The zero-order valence-electron chi connectivity index (χ0n) is 9.77. The molecule has 17 heavy (non-hydrogen) atoms. The largest absolute Gasteiger partial charge is 0.369 e. The summed E-state index contributed by atoms with van der Waals surface area (Å²) in [7, 11) is 0. The molecular formula is C11H15N3O2S. The molecule has 0 aliphatic rings. The second-order valence-corrected chi connectivity index (χ2v) is 4.48. The van der Waals surface area contributed by atoms with E-state index in [4.69, 9.17) is 5.73 Å². The summed E-state index contributed by atoms with van der Waals surface area (Å²) in [6.07, 6.45) is 0.569. The minimum atomic E-state index is -0.432. The number of amides is 2. The van der Waals surface area contributed by atoms with Crippen molar-refractivity contribution in [2.24, 2.45) is 16.8 Å². The summed E-state index contributed by atoms with van der Waals surface area (Å²) < 4.78 is 0. The topological polar surface area (TPSA) is 84.6 Å². The molecule has 0 aliphatic heterocycles. The summed E-state index contributed by atoms with van der Waals surface area (Å²) >= 11 is 1.33. The fourth-order valence-electron chi connectivity index (χ4n) is 1.38. The molecule has 92 valence electrons. The van der Waals surface area contributed by atoms with E-state index in [0.717, 1.165) is 0 Å². The maximum absolute atomic E-state index is 11.6. The number of nitrogens with zero attached hydrogens (tertiary/aromatic N) is 1. The van der Waals surface area contributed by atoms with Crippen molar-refractivity contribution in [1.29, 1.82) is 0 Å². The van der Waals surface area contributed by atoms with E-state index in [1.54, 1.807) is 19.1 Å². The Bertz CT molecular complexity index is 426. The van der Waals surface area contributed by atoms with Gasteiger partial charge in [-0.1, -0.05) is 13.0 Å². The first-order valence-electron chi connectivity index (χ1n) is 5.23. The van der Waals surface area contributed by atoms with Crippen molar-refractivity contribution in [2.75, 3.05) is 0 Å². The number of hydrogen-bond acceptors (Lipinski definition) is 4. The van der Waals surface area contributed by atoms with E-state index < -0.39 is 11.8 Å². The van der Waals surface area contributed by atoms with Gasteiger partial charge in [-0.3, -0.25) is 9.59 Å². The van der Waals surface area contributed by atoms with Gasteiger partial charge in [0, 0.05) is 5.71 Å². The van der Waals surface area contributed by atoms with Crippen molar-refractivity contribution < 1.29 is 9.59 Å². The summed E-state index contributed by atoms with van der Waals surface area (Å²) in [4.78, 5) is 23.2. The zero-order chi connectivity index (χ0) is 12.8. The Morgan fingerprint density at radius 3 is 2.76 bits per heavy atom. The average Bonchev–Trinajstić information content (AvgIpc) is 2.79. The molecule has 5 nitrogen and oxygen atoms in total. The lowest BCUT2D eigenvalue weighted by atomic mass is 10.0. The Balaban J connectivity index is 2.64. The lowest BCUT2D eigenvalue weighted by molar-refractivity contribution is -0.119. The minimum absolute atomic E-state index is 0.279. The molecule has 0 saturated carbocycles. The molecule has 1 atom stereocenters. The summed E-state index contributed by atoms with van der Waals surface area (Å²) in [5.41, 5.74) is 8.14. The monoisotopic (exact) mass is 253 g/mol. The zero-order valence-corrected chi connectivity index (χ0v) is 10.6. The van der Waals surface area contributed by atoms with Gasteiger partial charge in [-0.2, -0.15) is 5.10 Å². The number of rotatable bonds is 5. The lowest BCUT2D eigenvalue weighted by Gasteiger charge is -2.09. The normalized spacial score (nSPS) is 13.2. The molecular weight excluding hydrogens is 238 g/mol. The van der Waals surface area contributed by atoms with E-state index in [2.05, 4.69) is 10.5 Å². The third kappa shape index (κ3) is 3.67. The molecule has 0 aliphatic carbocycles. The molecule has 2 amide bonds. The molecule has 0 fully saturated rings. The third-order valence-corrected chi connectivity index (χ3v) is 3.20. The van der Waals surface area contributed by atoms with Crippen molar-refractivity contribution in [2.45, 2.75) is 20.3 Å². The van der Waals surface area contributed by atoms with Crippen LogP contribution in [0.5, 0.6) is 0 Å². The first-order chi connectivity index (χ1) is 8.06. The number of primary amides is 1. The Labute approximate surface area is 104 Å². The first-order valence-corrected chi connectivity index (χ1v) is 6.11. The second kappa shape index (κ2) is 6.15. The lowest BCUT2D eigenvalue weighted by Crippen LogP contribution is -2.30. The van der Waals surface area contributed by atoms with Crippen LogP contribution in [0.25, 0.3) is 0 Å². The van der Waals surface area contributed by atoms with Crippen LogP contribution in [0.4, 0.5) is 0 Å². The molecule has 0 aromatic carbocycles. The highest BCUT2D eigenvalue weighted by atomic mass is 32.1. The van der Waals surface area contributed by atoms with Gasteiger partial charge in [0.25, 0.3) is 5.91 Å². The van der Waals surface area contributed by atoms with E-state index in [1.807, 2.05) is 12.3 Å². The number of nitrogens with two attached hydrogens (primary N) is 1. The van der Waals surface area contributed by atoms with Gasteiger partial charge in [-0.05, 0) is 24.8 Å². The van der Waals surface area contributed by atoms with Gasteiger partial charge < -0.3 is 5.73 Å². The maximum atomic E-state index is 11.6. The van der Waals surface area contributed by atoms with Crippen LogP contribution in [0.3, 0.4) is 0 Å². The molecule has 0 radical (unpaired) electrons. The van der Waals surface area contributed by atoms with Crippen LogP contribution in [0, 0.1) is 5.92 Å². The molecule has 0 saturated heterocycles. The molecule has 1 rings (SSSR count). The number of carbonyl (C=O) groups is 2. The number of nitrogens with one attached hydrogen (secondary N) is 1. The highest BCUT2D eigenvalue weighted by Gasteiger charge is 2.16. The van der Waals surface area contributed by atoms with E-state index in [1.165, 1.54) is 11.3 Å². The van der Waals surface area contributed by atoms with Crippen LogP contribution in [0.15, 0.2) is 22.6 Å². The Morgan fingerprint density at radius 2 is 2.29 bits per heavy atom. The van der Waals surface area contributed by atoms with Crippen molar-refractivity contribution in [3.63, 3.8) is 0 Å². The molecule has 3 N–H and O–H groups in total. The van der Waals surface area contributed by atoms with E-state index in [0.29, 0.717) is 17.0 Å². The van der Waals surface area contributed by atoms with Crippen LogP contribution in [-0.4, -0.2) is 17.5 Å². The summed E-state index contributed by atoms with van der Waals surface area (Å²) in [5, 5.41) is 5.70. The van der Waals surface area contributed by atoms with Crippen molar-refractivity contribution in [3.05, 3.63) is 22.4 Å². The Morgan fingerprint density at radius 1 is 1.59 bits per heavy atom. The average molecular weight is 253 g/mol. The highest BCUT2D eigenvalue weighted by molar-refractivity contribution is 7.12. The number of thiophene rings is 1. The molecule has 0 bridgehead atoms. The maximum Gasteiger partial charge on any atom is 0.281 e. The summed E-state index contributed by atoms with van der Waals surface area (Å²) in [5.74, 6) is -1.14.